The van der Waals surface area contributed by atoms with Crippen LogP contribution in [-0.4, -0.2) is 29.3 Å². The fourth-order valence-corrected chi connectivity index (χ4v) is 4.54. The highest BCUT2D eigenvalue weighted by Gasteiger charge is 2.24. The first kappa shape index (κ1) is 29.7. The Bertz CT molecular complexity index is 1550. The highest BCUT2D eigenvalue weighted by Crippen LogP contribution is 2.29. The first-order chi connectivity index (χ1) is 18.3. The molecule has 10 heteroatoms. The lowest BCUT2D eigenvalue weighted by Crippen LogP contribution is -2.47. The normalized spacial score (nSPS) is 11.6. The second-order valence-electron chi connectivity index (χ2n) is 8.94. The van der Waals surface area contributed by atoms with Crippen LogP contribution >= 0.6 is 12.4 Å². The van der Waals surface area contributed by atoms with Crippen LogP contribution in [0.3, 0.4) is 0 Å². The number of hydrogen-bond acceptors (Lipinski definition) is 4. The number of methoxy groups -OCH3 is 1. The molecule has 0 fully saturated rings. The van der Waals surface area contributed by atoms with Gasteiger partial charge in [-0.15, -0.1) is 12.4 Å². The average Bonchev–Trinajstić information content (AvgIpc) is 2.91. The molecule has 0 saturated heterocycles. The highest BCUT2D eigenvalue weighted by atomic mass is 35.5. The molecule has 1 aromatic heterocycles. The predicted molar refractivity (Wildman–Crippen MR) is 147 cm³/mol. The number of nitrogens with zero attached hydrogens (tertiary/aromatic N) is 2. The smallest absolute Gasteiger partial charge is 0.331 e. The van der Waals surface area contributed by atoms with Crippen molar-refractivity contribution in [2.75, 3.05) is 14.2 Å². The standard InChI is InChI=1S/C29H28F3N3O3.ClH/c1-18-26(21-11-7-14-25(38-3)27(21)32)28(36)35(16-20(33-2)15-19-9-5-4-6-10-19)29(37)34(18)17-22-23(30)12-8-13-24(22)31;/h4-14,20,33H,15-17H2,1-3H3;1H/t20-;/m0./s1. The Labute approximate surface area is 230 Å². The Morgan fingerprint density at radius 1 is 0.897 bits per heavy atom. The van der Waals surface area contributed by atoms with Gasteiger partial charge in [-0.05, 0) is 44.2 Å². The van der Waals surface area contributed by atoms with E-state index in [0.717, 1.165) is 26.8 Å². The van der Waals surface area contributed by atoms with Crippen LogP contribution in [-0.2, 0) is 19.5 Å². The van der Waals surface area contributed by atoms with Gasteiger partial charge in [0.15, 0.2) is 11.6 Å². The summed E-state index contributed by atoms with van der Waals surface area (Å²) in [7, 11) is 3.01. The second-order valence-corrected chi connectivity index (χ2v) is 8.94. The summed E-state index contributed by atoms with van der Waals surface area (Å²) in [5.41, 5.74) is -0.905. The Morgan fingerprint density at radius 2 is 1.54 bits per heavy atom. The minimum Gasteiger partial charge on any atom is -0.494 e. The largest absolute Gasteiger partial charge is 0.494 e. The van der Waals surface area contributed by atoms with Gasteiger partial charge in [-0.1, -0.05) is 48.5 Å². The molecule has 0 saturated carbocycles. The molecule has 1 atom stereocenters. The van der Waals surface area contributed by atoms with E-state index in [0.29, 0.717) is 6.42 Å². The molecule has 206 valence electrons. The quantitative estimate of drug-likeness (QED) is 0.323. The van der Waals surface area contributed by atoms with Gasteiger partial charge in [-0.25, -0.2) is 18.0 Å². The first-order valence-electron chi connectivity index (χ1n) is 12.1. The van der Waals surface area contributed by atoms with Crippen LogP contribution in [0.15, 0.2) is 76.3 Å². The van der Waals surface area contributed by atoms with Gasteiger partial charge in [0.1, 0.15) is 11.6 Å². The van der Waals surface area contributed by atoms with Crippen LogP contribution in [0.5, 0.6) is 5.75 Å². The van der Waals surface area contributed by atoms with Crippen LogP contribution in [0.25, 0.3) is 11.1 Å². The lowest BCUT2D eigenvalue weighted by atomic mass is 10.0. The number of benzene rings is 3. The summed E-state index contributed by atoms with van der Waals surface area (Å²) in [4.78, 5) is 27.4. The summed E-state index contributed by atoms with van der Waals surface area (Å²) in [6.07, 6.45) is 0.502. The summed E-state index contributed by atoms with van der Waals surface area (Å²) in [5, 5.41) is 3.12. The molecular formula is C29H29ClF3N3O3. The van der Waals surface area contributed by atoms with Crippen molar-refractivity contribution in [2.45, 2.75) is 32.5 Å². The number of halogens is 4. The van der Waals surface area contributed by atoms with Gasteiger partial charge in [-0.2, -0.15) is 0 Å². The van der Waals surface area contributed by atoms with Crippen molar-refractivity contribution < 1.29 is 17.9 Å². The van der Waals surface area contributed by atoms with E-state index in [1.165, 1.54) is 38.3 Å². The van der Waals surface area contributed by atoms with E-state index < -0.39 is 35.2 Å². The Balaban J connectivity index is 0.00000420. The van der Waals surface area contributed by atoms with Crippen LogP contribution < -0.4 is 21.3 Å². The third-order valence-corrected chi connectivity index (χ3v) is 6.65. The predicted octanol–water partition coefficient (Wildman–Crippen LogP) is 4.71. The maximum absolute atomic E-state index is 15.4. The van der Waals surface area contributed by atoms with Gasteiger partial charge in [0.2, 0.25) is 0 Å². The first-order valence-corrected chi connectivity index (χ1v) is 12.1. The zero-order valence-corrected chi connectivity index (χ0v) is 22.5. The lowest BCUT2D eigenvalue weighted by molar-refractivity contribution is 0.387. The minimum absolute atomic E-state index is 0. The number of likely N-dealkylation sites (N-methyl/N-ethyl adjacent to an activating group) is 1. The fourth-order valence-electron chi connectivity index (χ4n) is 4.54. The van der Waals surface area contributed by atoms with Crippen LogP contribution in [0, 0.1) is 24.4 Å². The monoisotopic (exact) mass is 559 g/mol. The van der Waals surface area contributed by atoms with Crippen LogP contribution in [0.4, 0.5) is 13.2 Å². The van der Waals surface area contributed by atoms with Gasteiger partial charge in [-0.3, -0.25) is 13.9 Å². The molecule has 4 rings (SSSR count). The Hall–Kier alpha value is -3.82. The lowest BCUT2D eigenvalue weighted by Gasteiger charge is -2.22. The zero-order valence-electron chi connectivity index (χ0n) is 21.7. The molecule has 3 aromatic carbocycles. The van der Waals surface area contributed by atoms with Crippen molar-refractivity contribution in [3.8, 4) is 16.9 Å². The summed E-state index contributed by atoms with van der Waals surface area (Å²) < 4.78 is 51.7. The van der Waals surface area contributed by atoms with Crippen molar-refractivity contribution in [3.63, 3.8) is 0 Å². The molecule has 0 amide bonds. The summed E-state index contributed by atoms with van der Waals surface area (Å²) in [6.45, 7) is 0.923. The summed E-state index contributed by atoms with van der Waals surface area (Å²) in [6, 6.07) is 16.9. The van der Waals surface area contributed by atoms with E-state index in [-0.39, 0.29) is 53.1 Å². The topological polar surface area (TPSA) is 65.3 Å². The minimum atomic E-state index is -0.833. The Morgan fingerprint density at radius 3 is 2.15 bits per heavy atom. The van der Waals surface area contributed by atoms with Gasteiger partial charge in [0, 0.05) is 29.4 Å². The highest BCUT2D eigenvalue weighted by molar-refractivity contribution is 5.85. The molecule has 1 N–H and O–H groups in total. The van der Waals surface area contributed by atoms with Gasteiger partial charge >= 0.3 is 5.69 Å². The number of hydrogen-bond donors (Lipinski definition) is 1. The van der Waals surface area contributed by atoms with Crippen molar-refractivity contribution >= 4 is 12.4 Å². The summed E-state index contributed by atoms with van der Waals surface area (Å²) >= 11 is 0. The van der Waals surface area contributed by atoms with Gasteiger partial charge in [0.05, 0.1) is 19.2 Å². The van der Waals surface area contributed by atoms with E-state index in [1.807, 2.05) is 30.3 Å². The molecule has 0 aliphatic heterocycles. The summed E-state index contributed by atoms with van der Waals surface area (Å²) in [5.74, 6) is -2.53. The van der Waals surface area contributed by atoms with Crippen LogP contribution in [0.1, 0.15) is 16.8 Å². The number of ether oxygens (including phenoxy) is 1. The van der Waals surface area contributed by atoms with Crippen molar-refractivity contribution in [1.29, 1.82) is 0 Å². The third-order valence-electron chi connectivity index (χ3n) is 6.65. The SMILES string of the molecule is CN[C@@H](Cc1ccccc1)Cn1c(=O)c(-c2cccc(OC)c2F)c(C)n(Cc2c(F)cccc2F)c1=O.Cl. The number of aromatic nitrogens is 2. The second kappa shape index (κ2) is 12.8. The molecule has 4 aromatic rings. The maximum atomic E-state index is 15.4. The average molecular weight is 560 g/mol. The molecule has 39 heavy (non-hydrogen) atoms. The molecule has 6 nitrogen and oxygen atoms in total. The third kappa shape index (κ3) is 6.10. The van der Waals surface area contributed by atoms with E-state index in [2.05, 4.69) is 5.32 Å². The molecule has 0 bridgehead atoms. The molecule has 0 spiro atoms. The molecule has 0 aliphatic rings. The van der Waals surface area contributed by atoms with E-state index in [9.17, 15) is 18.4 Å². The van der Waals surface area contributed by atoms with Gasteiger partial charge < -0.3 is 10.1 Å². The van der Waals surface area contributed by atoms with Crippen molar-refractivity contribution in [2.24, 2.45) is 0 Å². The van der Waals surface area contributed by atoms with E-state index in [4.69, 9.17) is 4.74 Å². The Kier molecular flexibility index (Phi) is 9.77. The molecule has 0 aliphatic carbocycles. The van der Waals surface area contributed by atoms with Gasteiger partial charge in [0.25, 0.3) is 5.56 Å². The maximum Gasteiger partial charge on any atom is 0.331 e. The number of rotatable bonds is 9. The molecule has 0 radical (unpaired) electrons. The van der Waals surface area contributed by atoms with Crippen molar-refractivity contribution in [3.05, 3.63) is 122 Å². The van der Waals surface area contributed by atoms with E-state index >= 15 is 4.39 Å². The van der Waals surface area contributed by atoms with Crippen molar-refractivity contribution in [1.82, 2.24) is 14.5 Å². The number of nitrogens with one attached hydrogen (secondary N) is 1. The fraction of sp³-hybridized carbons (Fsp3) is 0.241. The van der Waals surface area contributed by atoms with E-state index in [1.54, 1.807) is 7.05 Å². The molecule has 0 unspecified atom stereocenters. The molecular weight excluding hydrogens is 531 g/mol. The zero-order chi connectivity index (χ0) is 27.4. The van der Waals surface area contributed by atoms with Crippen LogP contribution in [0.2, 0.25) is 0 Å². The molecule has 1 heterocycles.